The molecule has 1 aromatic heterocycles. The van der Waals surface area contributed by atoms with Crippen LogP contribution in [0.15, 0.2) is 58.4 Å². The Balaban J connectivity index is 1.91. The first-order chi connectivity index (χ1) is 16.8. The first-order valence-corrected chi connectivity index (χ1v) is 12.9. The maximum absolute atomic E-state index is 13.1. The van der Waals surface area contributed by atoms with Crippen molar-refractivity contribution in [3.05, 3.63) is 58.9 Å². The van der Waals surface area contributed by atoms with Crippen LogP contribution in [0, 0.1) is 0 Å². The molecule has 0 radical (unpaired) electrons. The smallest absolute Gasteiger partial charge is 0.325 e. The summed E-state index contributed by atoms with van der Waals surface area (Å²) in [5.41, 5.74) is 0.967. The fourth-order valence-electron chi connectivity index (χ4n) is 3.26. The summed E-state index contributed by atoms with van der Waals surface area (Å²) >= 11 is 1.27. The van der Waals surface area contributed by atoms with E-state index in [0.29, 0.717) is 4.80 Å². The fraction of sp³-hybridized carbons (Fsp3) is 0.348. The van der Waals surface area contributed by atoms with E-state index in [0.717, 1.165) is 10.2 Å². The molecule has 1 amide bonds. The monoisotopic (exact) mass is 521 g/mol. The Kier molecular flexibility index (Phi) is 9.29. The molecule has 0 saturated heterocycles. The molecule has 0 aliphatic heterocycles. The van der Waals surface area contributed by atoms with Crippen LogP contribution in [0.2, 0.25) is 0 Å². The summed E-state index contributed by atoms with van der Waals surface area (Å²) < 4.78 is 44.7. The highest BCUT2D eigenvalue weighted by atomic mass is 32.2. The number of carbonyl (C=O) groups is 2. The molecule has 2 aromatic carbocycles. The number of methoxy groups -OCH3 is 3. The SMILES string of the molecule is COCCN(CCOC)S(=O)(=O)c1ccc(C(=O)N=c2sc3ccccc3n2CC(=O)OC)cc1. The number of benzene rings is 2. The molecule has 0 atom stereocenters. The van der Waals surface area contributed by atoms with Crippen molar-refractivity contribution in [2.45, 2.75) is 11.4 Å². The molecule has 10 nitrogen and oxygen atoms in total. The van der Waals surface area contributed by atoms with E-state index >= 15 is 0 Å². The Labute approximate surface area is 207 Å². The number of sulfonamides is 1. The van der Waals surface area contributed by atoms with E-state index in [2.05, 4.69) is 4.99 Å². The standard InChI is InChI=1S/C23H27N3O7S2/c1-31-14-12-25(13-15-32-2)35(29,30)18-10-8-17(9-11-18)22(28)24-23-26(16-21(27)33-3)19-6-4-5-7-20(19)34-23/h4-11H,12-16H2,1-3H3. The van der Waals surface area contributed by atoms with Gasteiger partial charge >= 0.3 is 5.97 Å². The van der Waals surface area contributed by atoms with Crippen molar-refractivity contribution in [2.75, 3.05) is 47.6 Å². The van der Waals surface area contributed by atoms with Crippen LogP contribution in [0.4, 0.5) is 0 Å². The molecule has 0 saturated carbocycles. The highest BCUT2D eigenvalue weighted by molar-refractivity contribution is 7.89. The molecule has 12 heteroatoms. The van der Waals surface area contributed by atoms with Crippen molar-refractivity contribution < 1.29 is 32.2 Å². The Hall–Kier alpha value is -2.90. The molecule has 0 aliphatic carbocycles. The number of rotatable bonds is 11. The zero-order chi connectivity index (χ0) is 25.4. The summed E-state index contributed by atoms with van der Waals surface area (Å²) in [6.45, 7) is 0.718. The van der Waals surface area contributed by atoms with E-state index < -0.39 is 21.9 Å². The summed E-state index contributed by atoms with van der Waals surface area (Å²) in [5.74, 6) is -1.03. The molecule has 0 aliphatic rings. The average molecular weight is 522 g/mol. The molecule has 0 fully saturated rings. The lowest BCUT2D eigenvalue weighted by molar-refractivity contribution is -0.141. The number of hydrogen-bond acceptors (Lipinski definition) is 8. The zero-order valence-corrected chi connectivity index (χ0v) is 21.3. The van der Waals surface area contributed by atoms with Gasteiger partial charge in [-0.15, -0.1) is 0 Å². The number of nitrogens with zero attached hydrogens (tertiary/aromatic N) is 3. The summed E-state index contributed by atoms with van der Waals surface area (Å²) in [7, 11) is 0.476. The van der Waals surface area contributed by atoms with Crippen LogP contribution in [0.5, 0.6) is 0 Å². The molecule has 3 aromatic rings. The van der Waals surface area contributed by atoms with E-state index in [1.54, 1.807) is 4.57 Å². The second kappa shape index (κ2) is 12.2. The van der Waals surface area contributed by atoms with Crippen molar-refractivity contribution >= 4 is 43.5 Å². The first kappa shape index (κ1) is 26.7. The number of amides is 1. The van der Waals surface area contributed by atoms with Gasteiger partial charge < -0.3 is 18.8 Å². The predicted molar refractivity (Wildman–Crippen MR) is 131 cm³/mol. The fourth-order valence-corrected chi connectivity index (χ4v) is 5.70. The van der Waals surface area contributed by atoms with Gasteiger partial charge in [-0.25, -0.2) is 8.42 Å². The van der Waals surface area contributed by atoms with Crippen LogP contribution < -0.4 is 4.80 Å². The largest absolute Gasteiger partial charge is 0.468 e. The number of carbonyl (C=O) groups excluding carboxylic acids is 2. The van der Waals surface area contributed by atoms with Crippen LogP contribution in [-0.2, 0) is 35.6 Å². The van der Waals surface area contributed by atoms with E-state index in [9.17, 15) is 18.0 Å². The van der Waals surface area contributed by atoms with Crippen molar-refractivity contribution in [1.29, 1.82) is 0 Å². The Morgan fingerprint density at radius 2 is 1.60 bits per heavy atom. The van der Waals surface area contributed by atoms with Gasteiger partial charge in [0.1, 0.15) is 6.54 Å². The number of hydrogen-bond donors (Lipinski definition) is 0. The molecule has 3 rings (SSSR count). The van der Waals surface area contributed by atoms with Crippen LogP contribution in [0.25, 0.3) is 10.2 Å². The number of thiazole rings is 1. The lowest BCUT2D eigenvalue weighted by atomic mass is 10.2. The summed E-state index contributed by atoms with van der Waals surface area (Å²) in [4.78, 5) is 29.4. The lowest BCUT2D eigenvalue weighted by Gasteiger charge is -2.21. The number of esters is 1. The molecule has 0 spiro atoms. The number of aromatic nitrogens is 1. The van der Waals surface area contributed by atoms with Crippen molar-refractivity contribution in [2.24, 2.45) is 4.99 Å². The molecular weight excluding hydrogens is 494 g/mol. The van der Waals surface area contributed by atoms with Gasteiger partial charge in [0.25, 0.3) is 5.91 Å². The Morgan fingerprint density at radius 3 is 2.20 bits per heavy atom. The second-order valence-electron chi connectivity index (χ2n) is 7.35. The third kappa shape index (κ3) is 6.41. The van der Waals surface area contributed by atoms with Gasteiger partial charge in [-0.3, -0.25) is 9.59 Å². The Bertz CT molecular complexity index is 1340. The topological polar surface area (TPSA) is 116 Å². The minimum Gasteiger partial charge on any atom is -0.468 e. The summed E-state index contributed by atoms with van der Waals surface area (Å²) in [5, 5.41) is 0. The average Bonchev–Trinajstić information content (AvgIpc) is 3.20. The van der Waals surface area contributed by atoms with Crippen molar-refractivity contribution in [3.8, 4) is 0 Å². The van der Waals surface area contributed by atoms with Crippen molar-refractivity contribution in [1.82, 2.24) is 8.87 Å². The van der Waals surface area contributed by atoms with Crippen LogP contribution in [0.1, 0.15) is 10.4 Å². The minimum absolute atomic E-state index is 0.0453. The van der Waals surface area contributed by atoms with E-state index in [1.165, 1.54) is 61.2 Å². The van der Waals surface area contributed by atoms with E-state index in [1.807, 2.05) is 24.3 Å². The second-order valence-corrected chi connectivity index (χ2v) is 10.3. The molecule has 188 valence electrons. The number of ether oxygens (including phenoxy) is 3. The van der Waals surface area contributed by atoms with Crippen LogP contribution in [-0.4, -0.2) is 76.8 Å². The highest BCUT2D eigenvalue weighted by Gasteiger charge is 2.24. The van der Waals surface area contributed by atoms with Crippen molar-refractivity contribution in [3.63, 3.8) is 0 Å². The molecule has 35 heavy (non-hydrogen) atoms. The molecule has 1 heterocycles. The van der Waals surface area contributed by atoms with Gasteiger partial charge in [-0.05, 0) is 36.4 Å². The van der Waals surface area contributed by atoms with Crippen LogP contribution >= 0.6 is 11.3 Å². The third-order valence-electron chi connectivity index (χ3n) is 5.13. The predicted octanol–water partition coefficient (Wildman–Crippen LogP) is 1.90. The minimum atomic E-state index is -3.81. The number of fused-ring (bicyclic) bond motifs is 1. The van der Waals surface area contributed by atoms with E-state index in [-0.39, 0.29) is 43.3 Å². The molecule has 0 bridgehead atoms. The zero-order valence-electron chi connectivity index (χ0n) is 19.7. The van der Waals surface area contributed by atoms with Gasteiger partial charge in [-0.1, -0.05) is 23.5 Å². The quantitative estimate of drug-likeness (QED) is 0.354. The third-order valence-corrected chi connectivity index (χ3v) is 8.10. The number of para-hydroxylation sites is 1. The normalized spacial score (nSPS) is 12.4. The molecular formula is C23H27N3O7S2. The lowest BCUT2D eigenvalue weighted by Crippen LogP contribution is -2.36. The first-order valence-electron chi connectivity index (χ1n) is 10.6. The van der Waals surface area contributed by atoms with Gasteiger partial charge in [-0.2, -0.15) is 9.30 Å². The maximum Gasteiger partial charge on any atom is 0.325 e. The maximum atomic E-state index is 13.1. The van der Waals surface area contributed by atoms with Gasteiger partial charge in [0.05, 0.1) is 35.4 Å². The summed E-state index contributed by atoms with van der Waals surface area (Å²) in [6, 6.07) is 13.0. The van der Waals surface area contributed by atoms with Gasteiger partial charge in [0.15, 0.2) is 4.80 Å². The van der Waals surface area contributed by atoms with Crippen LogP contribution in [0.3, 0.4) is 0 Å². The van der Waals surface area contributed by atoms with Gasteiger partial charge in [0, 0.05) is 32.9 Å². The van der Waals surface area contributed by atoms with Gasteiger partial charge in [0.2, 0.25) is 10.0 Å². The van der Waals surface area contributed by atoms with E-state index in [4.69, 9.17) is 14.2 Å². The highest BCUT2D eigenvalue weighted by Crippen LogP contribution is 2.19. The molecule has 0 N–H and O–H groups in total. The molecule has 0 unspecified atom stereocenters. The summed E-state index contributed by atoms with van der Waals surface area (Å²) in [6.07, 6.45) is 0. The Morgan fingerprint density at radius 1 is 0.971 bits per heavy atom.